The zero-order valence-corrected chi connectivity index (χ0v) is 25.9. The lowest BCUT2D eigenvalue weighted by Crippen LogP contribution is -2.33. The molecule has 5 N–H and O–H groups in total. The zero-order chi connectivity index (χ0) is 34.7. The number of aromatic nitrogens is 4. The summed E-state index contributed by atoms with van der Waals surface area (Å²) in [5.41, 5.74) is 5.59. The van der Waals surface area contributed by atoms with E-state index in [0.29, 0.717) is 29.5 Å². The van der Waals surface area contributed by atoms with E-state index in [4.69, 9.17) is 24.6 Å². The van der Waals surface area contributed by atoms with Crippen LogP contribution in [-0.4, -0.2) is 90.1 Å². The summed E-state index contributed by atoms with van der Waals surface area (Å²) in [5, 5.41) is 41.6. The fourth-order valence-corrected chi connectivity index (χ4v) is 5.99. The van der Waals surface area contributed by atoms with Crippen LogP contribution in [0.5, 0.6) is 0 Å². The molecule has 2 aliphatic heterocycles. The summed E-state index contributed by atoms with van der Waals surface area (Å²) in [6.45, 7) is 0.860. The van der Waals surface area contributed by atoms with Crippen LogP contribution in [0, 0.1) is 0 Å². The van der Waals surface area contributed by atoms with Crippen molar-refractivity contribution in [2.24, 2.45) is 0 Å². The van der Waals surface area contributed by atoms with Gasteiger partial charge in [-0.3, -0.25) is 4.57 Å². The lowest BCUT2D eigenvalue weighted by Gasteiger charge is -2.22. The molecule has 15 heteroatoms. The van der Waals surface area contributed by atoms with Gasteiger partial charge in [-0.15, -0.1) is 0 Å². The molecule has 1 saturated heterocycles. The number of anilines is 3. The topological polar surface area (TPSA) is 166 Å². The van der Waals surface area contributed by atoms with E-state index >= 15 is 0 Å². The largest absolute Gasteiger partial charge is 0.490 e. The van der Waals surface area contributed by atoms with Crippen LogP contribution in [0.4, 0.5) is 30.6 Å². The number of alkyl halides is 3. The molecular weight excluding hydrogens is 645 g/mol. The highest BCUT2D eigenvalue weighted by Gasteiger charge is 2.44. The summed E-state index contributed by atoms with van der Waals surface area (Å²) < 4.78 is 39.2. The minimum absolute atomic E-state index is 0.0518. The van der Waals surface area contributed by atoms with E-state index in [0.717, 1.165) is 18.7 Å². The van der Waals surface area contributed by atoms with Crippen LogP contribution in [-0.2, 0) is 16.0 Å². The number of fused-ring (bicyclic) bond motifs is 2. The number of nitrogens with zero attached hydrogens (tertiary/aromatic N) is 5. The maximum absolute atomic E-state index is 10.8. The SMILES string of the molecule is O=C(O)C(F)(F)F.OC[C@H]1O[C@@H](n2cnc3c(NCC(c4ccccc4)c4ccccc4)nc(N4CCc5ccccc54)nc32)[C@H](O)[C@@H]1O. The number of aliphatic carboxylic acids is 1. The Morgan fingerprint density at radius 2 is 1.55 bits per heavy atom. The number of hydrogen-bond acceptors (Lipinski definition) is 10. The number of para-hydroxylation sites is 1. The van der Waals surface area contributed by atoms with E-state index in [1.807, 2.05) is 48.5 Å². The highest BCUT2D eigenvalue weighted by Crippen LogP contribution is 2.37. The van der Waals surface area contributed by atoms with Crippen molar-refractivity contribution in [3.05, 3.63) is 108 Å². The van der Waals surface area contributed by atoms with Crippen molar-refractivity contribution in [2.75, 3.05) is 29.9 Å². The van der Waals surface area contributed by atoms with Gasteiger partial charge in [0.15, 0.2) is 23.2 Å². The number of nitrogens with one attached hydrogen (secondary N) is 1. The molecule has 0 bridgehead atoms. The summed E-state index contributed by atoms with van der Waals surface area (Å²) in [6.07, 6.45) is -7.05. The first-order valence-corrected chi connectivity index (χ1v) is 15.4. The monoisotopic (exact) mass is 678 g/mol. The summed E-state index contributed by atoms with van der Waals surface area (Å²) >= 11 is 0. The van der Waals surface area contributed by atoms with Crippen LogP contribution < -0.4 is 10.2 Å². The first kappa shape index (κ1) is 33.8. The predicted octanol–water partition coefficient (Wildman–Crippen LogP) is 4.01. The van der Waals surface area contributed by atoms with Gasteiger partial charge in [-0.25, -0.2) is 9.78 Å². The van der Waals surface area contributed by atoms with Crippen molar-refractivity contribution < 1.29 is 43.1 Å². The second-order valence-electron chi connectivity index (χ2n) is 11.5. The van der Waals surface area contributed by atoms with Crippen LogP contribution in [0.2, 0.25) is 0 Å². The van der Waals surface area contributed by atoms with E-state index in [2.05, 4.69) is 51.6 Å². The van der Waals surface area contributed by atoms with E-state index in [1.54, 1.807) is 10.9 Å². The number of hydrogen-bond donors (Lipinski definition) is 5. The molecule has 12 nitrogen and oxygen atoms in total. The highest BCUT2D eigenvalue weighted by atomic mass is 19.4. The molecule has 4 heterocycles. The van der Waals surface area contributed by atoms with Crippen LogP contribution in [0.25, 0.3) is 11.2 Å². The number of rotatable bonds is 8. The molecule has 2 aromatic heterocycles. The van der Waals surface area contributed by atoms with E-state index in [-0.39, 0.29) is 5.92 Å². The molecule has 5 aromatic rings. The Balaban J connectivity index is 0.000000540. The summed E-state index contributed by atoms with van der Waals surface area (Å²) in [7, 11) is 0. The summed E-state index contributed by atoms with van der Waals surface area (Å²) in [4.78, 5) is 25.5. The van der Waals surface area contributed by atoms with Gasteiger partial charge in [0.25, 0.3) is 0 Å². The van der Waals surface area contributed by atoms with Gasteiger partial charge in [0.1, 0.15) is 18.3 Å². The van der Waals surface area contributed by atoms with E-state index < -0.39 is 43.3 Å². The van der Waals surface area contributed by atoms with Gasteiger partial charge in [0.2, 0.25) is 5.95 Å². The Bertz CT molecular complexity index is 1850. The quantitative estimate of drug-likeness (QED) is 0.161. The Labute approximate surface area is 278 Å². The van der Waals surface area contributed by atoms with Gasteiger partial charge in [0, 0.05) is 24.7 Å². The number of imidazole rings is 1. The molecule has 0 radical (unpaired) electrons. The lowest BCUT2D eigenvalue weighted by molar-refractivity contribution is -0.192. The Kier molecular flexibility index (Phi) is 9.78. The first-order valence-electron chi connectivity index (χ1n) is 15.4. The molecule has 0 aliphatic carbocycles. The van der Waals surface area contributed by atoms with Crippen molar-refractivity contribution in [3.63, 3.8) is 0 Å². The molecule has 0 saturated carbocycles. The number of carboxylic acid groups (broad SMARTS) is 1. The van der Waals surface area contributed by atoms with Crippen LogP contribution in [0.15, 0.2) is 91.3 Å². The van der Waals surface area contributed by atoms with Gasteiger partial charge < -0.3 is 35.4 Å². The zero-order valence-electron chi connectivity index (χ0n) is 25.9. The molecule has 1 fully saturated rings. The summed E-state index contributed by atoms with van der Waals surface area (Å²) in [5.74, 6) is -1.65. The van der Waals surface area contributed by atoms with E-state index in [1.165, 1.54) is 16.7 Å². The third-order valence-corrected chi connectivity index (χ3v) is 8.45. The molecule has 256 valence electrons. The molecule has 3 aromatic carbocycles. The number of aliphatic hydroxyl groups is 3. The third kappa shape index (κ3) is 7.05. The van der Waals surface area contributed by atoms with Crippen molar-refractivity contribution in [1.82, 2.24) is 19.5 Å². The van der Waals surface area contributed by atoms with Crippen molar-refractivity contribution >= 4 is 34.6 Å². The van der Waals surface area contributed by atoms with E-state index in [9.17, 15) is 28.5 Å². The van der Waals surface area contributed by atoms with Crippen LogP contribution in [0.1, 0.15) is 28.8 Å². The number of carbonyl (C=O) groups is 1. The average molecular weight is 679 g/mol. The molecular formula is C34H33F3N6O6. The summed E-state index contributed by atoms with van der Waals surface area (Å²) in [6, 6.07) is 28.9. The van der Waals surface area contributed by atoms with Gasteiger partial charge in [-0.05, 0) is 29.2 Å². The first-order chi connectivity index (χ1) is 23.6. The molecule has 0 spiro atoms. The smallest absolute Gasteiger partial charge is 0.475 e. The maximum Gasteiger partial charge on any atom is 0.490 e. The number of ether oxygens (including phenoxy) is 1. The van der Waals surface area contributed by atoms with Crippen molar-refractivity contribution in [3.8, 4) is 0 Å². The van der Waals surface area contributed by atoms with Crippen LogP contribution >= 0.6 is 0 Å². The third-order valence-electron chi connectivity index (χ3n) is 8.45. The molecule has 4 atom stereocenters. The molecule has 2 aliphatic rings. The lowest BCUT2D eigenvalue weighted by atomic mass is 9.91. The number of carboxylic acids is 1. The van der Waals surface area contributed by atoms with Gasteiger partial charge in [-0.2, -0.15) is 23.1 Å². The fourth-order valence-electron chi connectivity index (χ4n) is 5.99. The number of benzene rings is 3. The Morgan fingerprint density at radius 3 is 2.14 bits per heavy atom. The van der Waals surface area contributed by atoms with Gasteiger partial charge in [0.05, 0.1) is 12.9 Å². The molecule has 0 amide bonds. The second kappa shape index (κ2) is 14.2. The van der Waals surface area contributed by atoms with Crippen LogP contribution in [0.3, 0.4) is 0 Å². The average Bonchev–Trinajstić information content (AvgIpc) is 3.81. The number of halogens is 3. The Morgan fingerprint density at radius 1 is 0.939 bits per heavy atom. The van der Waals surface area contributed by atoms with Gasteiger partial charge >= 0.3 is 12.1 Å². The maximum atomic E-state index is 10.8. The number of aliphatic hydroxyl groups excluding tert-OH is 3. The van der Waals surface area contributed by atoms with Crippen molar-refractivity contribution in [1.29, 1.82) is 0 Å². The molecule has 0 unspecified atom stereocenters. The predicted molar refractivity (Wildman–Crippen MR) is 172 cm³/mol. The normalized spacial score (nSPS) is 20.3. The van der Waals surface area contributed by atoms with Gasteiger partial charge in [-0.1, -0.05) is 78.9 Å². The Hall–Kier alpha value is -5.09. The fraction of sp³-hybridized carbons (Fsp3) is 0.294. The molecule has 49 heavy (non-hydrogen) atoms. The minimum atomic E-state index is -5.08. The standard InChI is InChI=1S/C32H32N6O4.C2HF3O2/c39-18-25-27(40)28(41)31(42-25)38-19-34-26-29(33-17-23(20-9-3-1-4-10-20)21-11-5-2-6-12-21)35-32(36-30(26)38)37-16-15-22-13-7-8-14-24(22)37;3-2(4,5)1(6)7/h1-14,19,23,25,27-28,31,39-41H,15-18H2,(H,33,35,36);(H,6,7)/t25-,27-,28-,31-;/m1./s1. The minimum Gasteiger partial charge on any atom is -0.475 e. The highest BCUT2D eigenvalue weighted by molar-refractivity contribution is 5.85. The van der Waals surface area contributed by atoms with Crippen molar-refractivity contribution in [2.45, 2.75) is 43.1 Å². The second-order valence-corrected chi connectivity index (χ2v) is 11.5. The molecule has 7 rings (SSSR count).